The summed E-state index contributed by atoms with van der Waals surface area (Å²) in [4.78, 5) is 2.17. The van der Waals surface area contributed by atoms with Gasteiger partial charge in [0.05, 0.1) is 0 Å². The molecule has 0 aromatic heterocycles. The number of anilines is 1. The molecule has 0 unspecified atom stereocenters. The van der Waals surface area contributed by atoms with Crippen molar-refractivity contribution in [1.82, 2.24) is 5.32 Å². The highest BCUT2D eigenvalue weighted by molar-refractivity contribution is 7.81. The van der Waals surface area contributed by atoms with E-state index in [4.69, 9.17) is 0 Å². The number of rotatable bonds is 4. The molecule has 1 aliphatic heterocycles. The molecule has 0 spiro atoms. The van der Waals surface area contributed by atoms with E-state index in [1.807, 2.05) is 6.92 Å². The van der Waals surface area contributed by atoms with Gasteiger partial charge in [0.15, 0.2) is 5.75 Å². The second-order valence-corrected chi connectivity index (χ2v) is 6.67. The summed E-state index contributed by atoms with van der Waals surface area (Å²) < 4.78 is 39.6. The second kappa shape index (κ2) is 6.64. The van der Waals surface area contributed by atoms with Crippen LogP contribution in [-0.2, 0) is 16.3 Å². The summed E-state index contributed by atoms with van der Waals surface area (Å²) in [6.07, 6.45) is 0. The van der Waals surface area contributed by atoms with E-state index in [1.54, 1.807) is 13.8 Å². The predicted octanol–water partition coefficient (Wildman–Crippen LogP) is 2.04. The van der Waals surface area contributed by atoms with Crippen LogP contribution in [0.25, 0.3) is 0 Å². The van der Waals surface area contributed by atoms with E-state index in [0.717, 1.165) is 43.0 Å². The number of nitrogens with one attached hydrogen (secondary N) is 1. The Bertz CT molecular complexity index is 671. The lowest BCUT2D eigenvalue weighted by Crippen LogP contribution is -2.44. The minimum atomic E-state index is -5.06. The summed E-state index contributed by atoms with van der Waals surface area (Å²) in [6.45, 7) is 8.78. The largest absolute Gasteiger partial charge is 0.488 e. The van der Waals surface area contributed by atoms with E-state index < -0.39 is 10.5 Å². The molecule has 1 heterocycles. The normalized spacial score (nSPS) is 16.0. The number of nitrogens with zero attached hydrogens (tertiary/aromatic N) is 1. The van der Waals surface area contributed by atoms with Crippen LogP contribution >= 0.6 is 12.6 Å². The van der Waals surface area contributed by atoms with E-state index in [-0.39, 0.29) is 5.75 Å². The number of hydrogen-bond acceptors (Lipinski definition) is 6. The van der Waals surface area contributed by atoms with E-state index >= 15 is 0 Å². The minimum Gasteiger partial charge on any atom is -0.368 e. The van der Waals surface area contributed by atoms with Gasteiger partial charge in [0.25, 0.3) is 0 Å². The van der Waals surface area contributed by atoms with E-state index in [0.29, 0.717) is 16.9 Å². The zero-order valence-corrected chi connectivity index (χ0v) is 14.7. The van der Waals surface area contributed by atoms with Crippen LogP contribution in [0.2, 0.25) is 0 Å². The third-order valence-electron chi connectivity index (χ3n) is 4.07. The van der Waals surface area contributed by atoms with Crippen LogP contribution in [-0.4, -0.2) is 34.6 Å². The molecule has 22 heavy (non-hydrogen) atoms. The summed E-state index contributed by atoms with van der Waals surface area (Å²) in [5.74, 6) is 0.505. The Morgan fingerprint density at radius 3 is 2.27 bits per heavy atom. The Morgan fingerprint density at radius 1 is 1.18 bits per heavy atom. The molecule has 0 saturated carbocycles. The molecule has 1 aliphatic rings. The number of halogens is 1. The average molecular weight is 348 g/mol. The van der Waals surface area contributed by atoms with E-state index in [1.165, 1.54) is 0 Å². The smallest absolute Gasteiger partial charge is 0.368 e. The maximum absolute atomic E-state index is 13.1. The van der Waals surface area contributed by atoms with Crippen LogP contribution in [0.5, 0.6) is 5.75 Å². The van der Waals surface area contributed by atoms with Crippen molar-refractivity contribution >= 4 is 28.8 Å². The van der Waals surface area contributed by atoms with Gasteiger partial charge in [0.2, 0.25) is 0 Å². The molecule has 8 heteroatoms. The number of benzene rings is 1. The van der Waals surface area contributed by atoms with Gasteiger partial charge in [-0.3, -0.25) is 0 Å². The second-order valence-electron chi connectivity index (χ2n) is 5.40. The number of piperazine rings is 1. The van der Waals surface area contributed by atoms with Crippen LogP contribution in [0.15, 0.2) is 0 Å². The molecular weight excluding hydrogens is 327 g/mol. The molecule has 0 radical (unpaired) electrons. The van der Waals surface area contributed by atoms with Gasteiger partial charge >= 0.3 is 10.5 Å². The third kappa shape index (κ3) is 3.49. The van der Waals surface area contributed by atoms with Crippen molar-refractivity contribution in [2.75, 3.05) is 31.1 Å². The summed E-state index contributed by atoms with van der Waals surface area (Å²) in [5.41, 5.74) is 4.08. The quantitative estimate of drug-likeness (QED) is 0.644. The molecule has 0 bridgehead atoms. The topological polar surface area (TPSA) is 58.6 Å². The van der Waals surface area contributed by atoms with Gasteiger partial charge in [0, 0.05) is 43.2 Å². The van der Waals surface area contributed by atoms with Crippen molar-refractivity contribution in [3.8, 4) is 5.75 Å². The molecule has 124 valence electrons. The summed E-state index contributed by atoms with van der Waals surface area (Å²) in [5, 5.41) is 3.27. The van der Waals surface area contributed by atoms with Crippen molar-refractivity contribution in [3.05, 3.63) is 22.3 Å². The standard InChI is InChI=1S/C14H21FN2O3S2/c1-9-12(8-21)10(2)14(20-22(15,18)19)11(3)13(9)17-6-4-16-5-7-17/h16,21H,4-8H2,1-3H3. The van der Waals surface area contributed by atoms with Gasteiger partial charge in [-0.1, -0.05) is 3.89 Å². The van der Waals surface area contributed by atoms with Gasteiger partial charge in [-0.05, 0) is 37.5 Å². The molecule has 2 rings (SSSR count). The monoisotopic (exact) mass is 348 g/mol. The Hall–Kier alpha value is -0.990. The predicted molar refractivity (Wildman–Crippen MR) is 89.1 cm³/mol. The maximum atomic E-state index is 13.1. The minimum absolute atomic E-state index is 0.0747. The molecule has 1 aromatic rings. The van der Waals surface area contributed by atoms with Crippen LogP contribution in [0.1, 0.15) is 22.3 Å². The molecule has 1 aromatic carbocycles. The third-order valence-corrected chi connectivity index (χ3v) is 4.75. The zero-order valence-electron chi connectivity index (χ0n) is 12.9. The van der Waals surface area contributed by atoms with Crippen LogP contribution in [0.3, 0.4) is 0 Å². The lowest BCUT2D eigenvalue weighted by molar-refractivity contribution is 0.436. The molecule has 0 aliphatic carbocycles. The highest BCUT2D eigenvalue weighted by Gasteiger charge is 2.25. The molecule has 1 fully saturated rings. The number of hydrogen-bond donors (Lipinski definition) is 2. The number of thiol groups is 1. The average Bonchev–Trinajstić information content (AvgIpc) is 2.44. The first-order chi connectivity index (χ1) is 10.3. The first-order valence-corrected chi connectivity index (χ1v) is 9.03. The lowest BCUT2D eigenvalue weighted by Gasteiger charge is -2.34. The van der Waals surface area contributed by atoms with Crippen molar-refractivity contribution in [1.29, 1.82) is 0 Å². The van der Waals surface area contributed by atoms with Gasteiger partial charge in [-0.2, -0.15) is 21.0 Å². The molecule has 1 N–H and O–H groups in total. The summed E-state index contributed by atoms with van der Waals surface area (Å²) >= 11 is 4.32. The van der Waals surface area contributed by atoms with Crippen LogP contribution in [0.4, 0.5) is 9.57 Å². The fourth-order valence-corrected chi connectivity index (χ4v) is 3.98. The highest BCUT2D eigenvalue weighted by Crippen LogP contribution is 2.40. The van der Waals surface area contributed by atoms with Gasteiger partial charge < -0.3 is 14.4 Å². The summed E-state index contributed by atoms with van der Waals surface area (Å²) in [7, 11) is -5.06. The first-order valence-electron chi connectivity index (χ1n) is 7.09. The molecule has 5 nitrogen and oxygen atoms in total. The Labute approximate surface area is 136 Å². The van der Waals surface area contributed by atoms with Crippen LogP contribution in [0, 0.1) is 20.8 Å². The first kappa shape index (κ1) is 17.4. The lowest BCUT2D eigenvalue weighted by atomic mass is 9.95. The molecule has 0 amide bonds. The fourth-order valence-electron chi connectivity index (χ4n) is 3.06. The van der Waals surface area contributed by atoms with Gasteiger partial charge in [-0.25, -0.2) is 0 Å². The Kier molecular flexibility index (Phi) is 5.24. The van der Waals surface area contributed by atoms with E-state index in [2.05, 4.69) is 27.0 Å². The van der Waals surface area contributed by atoms with Crippen molar-refractivity contribution in [3.63, 3.8) is 0 Å². The highest BCUT2D eigenvalue weighted by atomic mass is 32.3. The zero-order chi connectivity index (χ0) is 16.5. The molecule has 1 saturated heterocycles. The molecule has 0 atom stereocenters. The SMILES string of the molecule is Cc1c(CS)c(C)c(N2CCNCC2)c(C)c1OS(=O)(=O)F. The van der Waals surface area contributed by atoms with Crippen molar-refractivity contribution < 1.29 is 16.5 Å². The van der Waals surface area contributed by atoms with Gasteiger partial charge in [-0.15, -0.1) is 0 Å². The Morgan fingerprint density at radius 2 is 1.77 bits per heavy atom. The fraction of sp³-hybridized carbons (Fsp3) is 0.571. The van der Waals surface area contributed by atoms with Crippen molar-refractivity contribution in [2.45, 2.75) is 26.5 Å². The van der Waals surface area contributed by atoms with Crippen LogP contribution < -0.4 is 14.4 Å². The van der Waals surface area contributed by atoms with E-state index in [9.17, 15) is 12.3 Å². The Balaban J connectivity index is 2.63. The van der Waals surface area contributed by atoms with Gasteiger partial charge in [0.1, 0.15) is 0 Å². The molecular formula is C14H21FN2O3S2. The maximum Gasteiger partial charge on any atom is 0.488 e. The van der Waals surface area contributed by atoms with Crippen molar-refractivity contribution in [2.24, 2.45) is 0 Å². The summed E-state index contributed by atoms with van der Waals surface area (Å²) in [6, 6.07) is 0.